The Morgan fingerprint density at radius 1 is 1.19 bits per heavy atom. The van der Waals surface area contributed by atoms with E-state index in [0.717, 1.165) is 18.2 Å². The monoisotopic (exact) mass is 365 g/mol. The Morgan fingerprint density at radius 3 is 2.38 bits per heavy atom. The number of amides is 1. The Kier molecular flexibility index (Phi) is 5.82. The number of halogens is 4. The molecule has 136 valence electrons. The van der Waals surface area contributed by atoms with Gasteiger partial charge in [-0.25, -0.2) is 4.39 Å². The summed E-state index contributed by atoms with van der Waals surface area (Å²) >= 11 is 0. The van der Waals surface area contributed by atoms with E-state index in [4.69, 9.17) is 11.0 Å². The highest BCUT2D eigenvalue weighted by atomic mass is 19.4. The number of anilines is 1. The summed E-state index contributed by atoms with van der Waals surface area (Å²) in [4.78, 5) is 11.6. The number of hydrogen-bond acceptors (Lipinski definition) is 3. The maximum atomic E-state index is 12.9. The van der Waals surface area contributed by atoms with Gasteiger partial charge in [-0.1, -0.05) is 12.1 Å². The number of alkyl halides is 3. The first-order valence-electron chi connectivity index (χ1n) is 7.59. The highest BCUT2D eigenvalue weighted by molar-refractivity contribution is 5.77. The molecule has 3 N–H and O–H groups in total. The van der Waals surface area contributed by atoms with Crippen molar-refractivity contribution in [2.45, 2.75) is 12.6 Å². The minimum absolute atomic E-state index is 0.0206. The molecular weight excluding hydrogens is 350 g/mol. The fraction of sp³-hybridized carbons (Fsp3) is 0.222. The molecule has 0 bridgehead atoms. The first kappa shape index (κ1) is 19.2. The number of nitrogens with two attached hydrogens (primary N) is 1. The van der Waals surface area contributed by atoms with E-state index in [0.29, 0.717) is 5.56 Å². The largest absolute Gasteiger partial charge is 0.416 e. The molecule has 26 heavy (non-hydrogen) atoms. The van der Waals surface area contributed by atoms with Gasteiger partial charge in [0, 0.05) is 6.54 Å². The highest BCUT2D eigenvalue weighted by Gasteiger charge is 2.31. The fourth-order valence-corrected chi connectivity index (χ4v) is 2.38. The summed E-state index contributed by atoms with van der Waals surface area (Å²) in [7, 11) is 0. The standard InChI is InChI=1S/C18H15F4N3O/c19-15-4-1-11(2-5-15)7-13(17(24)26)10-25-16-6-3-14(18(20,21)22)8-12(16)9-23/h1-6,8,13,25H,7,10H2,(H2,24,26). The van der Waals surface area contributed by atoms with E-state index >= 15 is 0 Å². The number of rotatable bonds is 6. The van der Waals surface area contributed by atoms with Crippen molar-refractivity contribution in [3.05, 3.63) is 65.0 Å². The van der Waals surface area contributed by atoms with Gasteiger partial charge in [0.15, 0.2) is 0 Å². The van der Waals surface area contributed by atoms with E-state index in [2.05, 4.69) is 5.32 Å². The van der Waals surface area contributed by atoms with Crippen molar-refractivity contribution in [3.63, 3.8) is 0 Å². The van der Waals surface area contributed by atoms with Crippen LogP contribution in [0, 0.1) is 23.1 Å². The Labute approximate surface area is 147 Å². The number of primary amides is 1. The summed E-state index contributed by atoms with van der Waals surface area (Å²) in [6.45, 7) is 0.0206. The molecule has 0 aromatic heterocycles. The molecule has 0 aliphatic heterocycles. The van der Waals surface area contributed by atoms with Crippen molar-refractivity contribution >= 4 is 11.6 Å². The van der Waals surface area contributed by atoms with Crippen LogP contribution in [0.2, 0.25) is 0 Å². The molecule has 0 aliphatic rings. The summed E-state index contributed by atoms with van der Waals surface area (Å²) in [5.41, 5.74) is 5.10. The second kappa shape index (κ2) is 7.87. The molecule has 2 aromatic carbocycles. The van der Waals surface area contributed by atoms with Crippen LogP contribution in [0.15, 0.2) is 42.5 Å². The molecule has 1 atom stereocenters. The second-order valence-corrected chi connectivity index (χ2v) is 5.68. The molecule has 0 saturated carbocycles. The number of nitriles is 1. The third-order valence-electron chi connectivity index (χ3n) is 3.80. The van der Waals surface area contributed by atoms with Crippen LogP contribution >= 0.6 is 0 Å². The number of benzene rings is 2. The van der Waals surface area contributed by atoms with Gasteiger partial charge in [0.1, 0.15) is 11.9 Å². The Morgan fingerprint density at radius 2 is 1.85 bits per heavy atom. The quantitative estimate of drug-likeness (QED) is 0.770. The zero-order valence-corrected chi connectivity index (χ0v) is 13.5. The van der Waals surface area contributed by atoms with Crippen LogP contribution in [0.25, 0.3) is 0 Å². The summed E-state index contributed by atoms with van der Waals surface area (Å²) in [6, 6.07) is 9.96. The molecule has 0 fully saturated rings. The Hall–Kier alpha value is -3.08. The van der Waals surface area contributed by atoms with Crippen LogP contribution in [-0.4, -0.2) is 12.5 Å². The Balaban J connectivity index is 2.12. The Bertz CT molecular complexity index is 826. The van der Waals surface area contributed by atoms with Crippen LogP contribution in [0.3, 0.4) is 0 Å². The average Bonchev–Trinajstić information content (AvgIpc) is 2.59. The molecule has 0 saturated heterocycles. The van der Waals surface area contributed by atoms with Crippen molar-refractivity contribution in [1.82, 2.24) is 0 Å². The van der Waals surface area contributed by atoms with E-state index in [1.54, 1.807) is 6.07 Å². The van der Waals surface area contributed by atoms with E-state index < -0.39 is 29.4 Å². The maximum Gasteiger partial charge on any atom is 0.416 e. The second-order valence-electron chi connectivity index (χ2n) is 5.68. The van der Waals surface area contributed by atoms with Gasteiger partial charge in [-0.2, -0.15) is 18.4 Å². The van der Waals surface area contributed by atoms with Gasteiger partial charge in [-0.05, 0) is 42.3 Å². The van der Waals surface area contributed by atoms with Gasteiger partial charge in [0.05, 0.1) is 22.7 Å². The molecule has 0 spiro atoms. The number of hydrogen-bond donors (Lipinski definition) is 2. The zero-order chi connectivity index (χ0) is 19.3. The van der Waals surface area contributed by atoms with Crippen molar-refractivity contribution in [3.8, 4) is 6.07 Å². The summed E-state index contributed by atoms with van der Waals surface area (Å²) in [5.74, 6) is -1.72. The average molecular weight is 365 g/mol. The minimum atomic E-state index is -4.55. The molecular formula is C18H15F4N3O. The number of nitrogens with one attached hydrogen (secondary N) is 1. The van der Waals surface area contributed by atoms with Crippen molar-refractivity contribution in [2.24, 2.45) is 11.7 Å². The van der Waals surface area contributed by atoms with Crippen LogP contribution in [0.5, 0.6) is 0 Å². The topological polar surface area (TPSA) is 78.9 Å². The van der Waals surface area contributed by atoms with Gasteiger partial charge < -0.3 is 11.1 Å². The lowest BCUT2D eigenvalue weighted by Gasteiger charge is -2.17. The molecule has 0 heterocycles. The number of carbonyl (C=O) groups excluding carboxylic acids is 1. The zero-order valence-electron chi connectivity index (χ0n) is 13.5. The lowest BCUT2D eigenvalue weighted by molar-refractivity contribution is -0.137. The van der Waals surface area contributed by atoms with Crippen molar-refractivity contribution < 1.29 is 22.4 Å². The van der Waals surface area contributed by atoms with Crippen molar-refractivity contribution in [1.29, 1.82) is 5.26 Å². The molecule has 8 heteroatoms. The lowest BCUT2D eigenvalue weighted by Crippen LogP contribution is -2.31. The molecule has 0 aliphatic carbocycles. The molecule has 1 amide bonds. The smallest absolute Gasteiger partial charge is 0.383 e. The van der Waals surface area contributed by atoms with Gasteiger partial charge in [0.25, 0.3) is 0 Å². The molecule has 4 nitrogen and oxygen atoms in total. The van der Waals surface area contributed by atoms with E-state index in [9.17, 15) is 22.4 Å². The van der Waals surface area contributed by atoms with Gasteiger partial charge in [-0.15, -0.1) is 0 Å². The SMILES string of the molecule is N#Cc1cc(C(F)(F)F)ccc1NCC(Cc1ccc(F)cc1)C(N)=O. The molecule has 2 rings (SSSR count). The predicted octanol–water partition coefficient (Wildman–Crippen LogP) is 3.47. The van der Waals surface area contributed by atoms with Crippen LogP contribution in [0.4, 0.5) is 23.2 Å². The van der Waals surface area contributed by atoms with Crippen LogP contribution in [0.1, 0.15) is 16.7 Å². The summed E-state index contributed by atoms with van der Waals surface area (Å²) < 4.78 is 51.1. The summed E-state index contributed by atoms with van der Waals surface area (Å²) in [6.07, 6.45) is -4.33. The van der Waals surface area contributed by atoms with Gasteiger partial charge in [-0.3, -0.25) is 4.79 Å². The molecule has 1 unspecified atom stereocenters. The number of nitrogens with zero attached hydrogens (tertiary/aromatic N) is 1. The van der Waals surface area contributed by atoms with Gasteiger partial charge >= 0.3 is 6.18 Å². The third-order valence-corrected chi connectivity index (χ3v) is 3.80. The van der Waals surface area contributed by atoms with Gasteiger partial charge in [0.2, 0.25) is 5.91 Å². The first-order valence-corrected chi connectivity index (χ1v) is 7.59. The van der Waals surface area contributed by atoms with Crippen LogP contribution < -0.4 is 11.1 Å². The maximum absolute atomic E-state index is 12.9. The van der Waals surface area contributed by atoms with Crippen LogP contribution in [-0.2, 0) is 17.4 Å². The first-order chi connectivity index (χ1) is 12.2. The van der Waals surface area contributed by atoms with E-state index in [1.165, 1.54) is 24.3 Å². The fourth-order valence-electron chi connectivity index (χ4n) is 2.38. The van der Waals surface area contributed by atoms with Crippen molar-refractivity contribution in [2.75, 3.05) is 11.9 Å². The van der Waals surface area contributed by atoms with E-state index in [1.807, 2.05) is 0 Å². The minimum Gasteiger partial charge on any atom is -0.383 e. The lowest BCUT2D eigenvalue weighted by atomic mass is 9.98. The molecule has 0 radical (unpaired) electrons. The molecule has 2 aromatic rings. The summed E-state index contributed by atoms with van der Waals surface area (Å²) in [5, 5.41) is 11.9. The van der Waals surface area contributed by atoms with E-state index in [-0.39, 0.29) is 24.2 Å². The normalized spacial score (nSPS) is 12.3. The predicted molar refractivity (Wildman–Crippen MR) is 87.4 cm³/mol. The highest BCUT2D eigenvalue weighted by Crippen LogP contribution is 2.31. The third kappa shape index (κ3) is 4.96. The number of carbonyl (C=O) groups is 1.